The first kappa shape index (κ1) is 16.2. The van der Waals surface area contributed by atoms with Gasteiger partial charge in [0, 0.05) is 30.6 Å². The lowest BCUT2D eigenvalue weighted by atomic mass is 10.0. The number of hydrogen-bond acceptors (Lipinski definition) is 4. The Morgan fingerprint density at radius 1 is 1.29 bits per heavy atom. The summed E-state index contributed by atoms with van der Waals surface area (Å²) >= 11 is 1.73. The van der Waals surface area contributed by atoms with E-state index in [1.807, 2.05) is 11.7 Å². The molecule has 1 atom stereocenters. The Kier molecular flexibility index (Phi) is 5.53. The highest BCUT2D eigenvalue weighted by atomic mass is 32.1. The van der Waals surface area contributed by atoms with Crippen LogP contribution in [0.25, 0.3) is 0 Å². The first-order chi connectivity index (χ1) is 10.0. The fraction of sp³-hybridized carbons (Fsp3) is 0.625. The zero-order valence-electron chi connectivity index (χ0n) is 13.7. The van der Waals surface area contributed by atoms with E-state index >= 15 is 0 Å². The van der Waals surface area contributed by atoms with Gasteiger partial charge in [-0.15, -0.1) is 11.3 Å². The molecule has 0 fully saturated rings. The summed E-state index contributed by atoms with van der Waals surface area (Å²) in [5.41, 5.74) is 4.99. The van der Waals surface area contributed by atoms with Crippen molar-refractivity contribution in [1.82, 2.24) is 20.1 Å². The van der Waals surface area contributed by atoms with Crippen LogP contribution in [0.15, 0.2) is 5.38 Å². The van der Waals surface area contributed by atoms with Gasteiger partial charge in [-0.2, -0.15) is 5.10 Å². The summed E-state index contributed by atoms with van der Waals surface area (Å²) in [6.45, 7) is 9.58. The molecule has 2 aromatic heterocycles. The van der Waals surface area contributed by atoms with Gasteiger partial charge in [0.05, 0.1) is 16.4 Å². The molecule has 1 N–H and O–H groups in total. The fourth-order valence-corrected chi connectivity index (χ4v) is 3.30. The Bertz CT molecular complexity index is 585. The molecular formula is C16H26N4S. The SMILES string of the molecule is CCCNC(Cc1csc(C)n1)Cc1c(C)nn(C)c1C. The van der Waals surface area contributed by atoms with Gasteiger partial charge >= 0.3 is 0 Å². The lowest BCUT2D eigenvalue weighted by molar-refractivity contribution is 0.499. The molecule has 0 saturated carbocycles. The molecular weight excluding hydrogens is 280 g/mol. The predicted octanol–water partition coefficient (Wildman–Crippen LogP) is 2.96. The van der Waals surface area contributed by atoms with E-state index in [0.717, 1.165) is 36.5 Å². The van der Waals surface area contributed by atoms with Crippen LogP contribution in [0.1, 0.15) is 41.0 Å². The van der Waals surface area contributed by atoms with Gasteiger partial charge in [-0.1, -0.05) is 6.92 Å². The van der Waals surface area contributed by atoms with Gasteiger partial charge in [-0.25, -0.2) is 4.98 Å². The zero-order valence-corrected chi connectivity index (χ0v) is 14.5. The Balaban J connectivity index is 2.12. The highest BCUT2D eigenvalue weighted by Gasteiger charge is 2.17. The van der Waals surface area contributed by atoms with E-state index in [9.17, 15) is 0 Å². The molecule has 0 aliphatic rings. The quantitative estimate of drug-likeness (QED) is 0.855. The minimum absolute atomic E-state index is 0.424. The van der Waals surface area contributed by atoms with Gasteiger partial charge in [-0.05, 0) is 45.7 Å². The number of aromatic nitrogens is 3. The normalized spacial score (nSPS) is 12.8. The second-order valence-corrected chi connectivity index (χ2v) is 6.75. The number of nitrogens with one attached hydrogen (secondary N) is 1. The maximum Gasteiger partial charge on any atom is 0.0897 e. The molecule has 4 nitrogen and oxygen atoms in total. The highest BCUT2D eigenvalue weighted by molar-refractivity contribution is 7.09. The van der Waals surface area contributed by atoms with Crippen molar-refractivity contribution < 1.29 is 0 Å². The summed E-state index contributed by atoms with van der Waals surface area (Å²) in [6.07, 6.45) is 3.15. The molecule has 5 heteroatoms. The molecule has 0 aliphatic heterocycles. The first-order valence-electron chi connectivity index (χ1n) is 7.64. The second-order valence-electron chi connectivity index (χ2n) is 5.69. The van der Waals surface area contributed by atoms with E-state index in [4.69, 9.17) is 0 Å². The van der Waals surface area contributed by atoms with Crippen molar-refractivity contribution in [3.63, 3.8) is 0 Å². The molecule has 0 saturated heterocycles. The standard InChI is InChI=1S/C16H26N4S/c1-6-7-17-14(8-15-10-21-13(4)18-15)9-16-11(2)19-20(5)12(16)3/h10,14,17H,6-9H2,1-5H3. The molecule has 21 heavy (non-hydrogen) atoms. The van der Waals surface area contributed by atoms with Crippen LogP contribution < -0.4 is 5.32 Å². The van der Waals surface area contributed by atoms with Gasteiger partial charge in [0.25, 0.3) is 0 Å². The number of thiazole rings is 1. The summed E-state index contributed by atoms with van der Waals surface area (Å²) < 4.78 is 1.98. The van der Waals surface area contributed by atoms with Crippen LogP contribution >= 0.6 is 11.3 Å². The van der Waals surface area contributed by atoms with Crippen LogP contribution in [0.4, 0.5) is 0 Å². The summed E-state index contributed by atoms with van der Waals surface area (Å²) in [5.74, 6) is 0. The maximum absolute atomic E-state index is 4.61. The molecule has 0 radical (unpaired) electrons. The van der Waals surface area contributed by atoms with E-state index in [0.29, 0.717) is 6.04 Å². The molecule has 0 aliphatic carbocycles. The molecule has 2 aromatic rings. The van der Waals surface area contributed by atoms with Crippen molar-refractivity contribution in [1.29, 1.82) is 0 Å². The van der Waals surface area contributed by atoms with Crippen molar-refractivity contribution in [2.24, 2.45) is 7.05 Å². The summed E-state index contributed by atoms with van der Waals surface area (Å²) in [5, 5.41) is 11.5. The molecule has 1 unspecified atom stereocenters. The summed E-state index contributed by atoms with van der Waals surface area (Å²) in [7, 11) is 2.02. The van der Waals surface area contributed by atoms with Crippen LogP contribution in [0.5, 0.6) is 0 Å². The average molecular weight is 306 g/mol. The molecule has 116 valence electrons. The average Bonchev–Trinajstić information content (AvgIpc) is 2.94. The third kappa shape index (κ3) is 4.14. The van der Waals surface area contributed by atoms with Crippen molar-refractivity contribution in [3.05, 3.63) is 33.0 Å². The van der Waals surface area contributed by atoms with Crippen molar-refractivity contribution in [3.8, 4) is 0 Å². The van der Waals surface area contributed by atoms with E-state index < -0.39 is 0 Å². The van der Waals surface area contributed by atoms with Crippen LogP contribution in [0.3, 0.4) is 0 Å². The van der Waals surface area contributed by atoms with Crippen LogP contribution in [0, 0.1) is 20.8 Å². The van der Waals surface area contributed by atoms with Gasteiger partial charge in [0.2, 0.25) is 0 Å². The monoisotopic (exact) mass is 306 g/mol. The second kappa shape index (κ2) is 7.18. The third-order valence-electron chi connectivity index (χ3n) is 3.91. The Hall–Kier alpha value is -1.20. The number of nitrogens with zero attached hydrogens (tertiary/aromatic N) is 3. The molecule has 0 spiro atoms. The van der Waals surface area contributed by atoms with Crippen LogP contribution in [-0.4, -0.2) is 27.4 Å². The van der Waals surface area contributed by atoms with Crippen molar-refractivity contribution in [2.75, 3.05) is 6.54 Å². The number of rotatable bonds is 7. The Labute approximate surface area is 131 Å². The van der Waals surface area contributed by atoms with Crippen LogP contribution in [-0.2, 0) is 19.9 Å². The zero-order chi connectivity index (χ0) is 15.4. The van der Waals surface area contributed by atoms with Crippen LogP contribution in [0.2, 0.25) is 0 Å². The first-order valence-corrected chi connectivity index (χ1v) is 8.52. The minimum atomic E-state index is 0.424. The van der Waals surface area contributed by atoms with Crippen molar-refractivity contribution in [2.45, 2.75) is 53.0 Å². The largest absolute Gasteiger partial charge is 0.313 e. The van der Waals surface area contributed by atoms with E-state index in [-0.39, 0.29) is 0 Å². The Morgan fingerprint density at radius 2 is 2.05 bits per heavy atom. The number of aryl methyl sites for hydroxylation is 3. The summed E-state index contributed by atoms with van der Waals surface area (Å²) in [6, 6.07) is 0.424. The molecule has 2 rings (SSSR count). The lowest BCUT2D eigenvalue weighted by Crippen LogP contribution is -2.34. The highest BCUT2D eigenvalue weighted by Crippen LogP contribution is 2.17. The fourth-order valence-electron chi connectivity index (χ4n) is 2.68. The topological polar surface area (TPSA) is 42.7 Å². The van der Waals surface area contributed by atoms with Crippen molar-refractivity contribution >= 4 is 11.3 Å². The smallest absolute Gasteiger partial charge is 0.0897 e. The van der Waals surface area contributed by atoms with Gasteiger partial charge < -0.3 is 5.32 Å². The van der Waals surface area contributed by atoms with E-state index in [1.54, 1.807) is 11.3 Å². The van der Waals surface area contributed by atoms with E-state index in [1.165, 1.54) is 17.0 Å². The third-order valence-corrected chi connectivity index (χ3v) is 4.74. The molecule has 0 bridgehead atoms. The van der Waals surface area contributed by atoms with Gasteiger partial charge in [0.1, 0.15) is 0 Å². The molecule has 2 heterocycles. The van der Waals surface area contributed by atoms with Gasteiger partial charge in [-0.3, -0.25) is 4.68 Å². The maximum atomic E-state index is 4.61. The number of hydrogen-bond donors (Lipinski definition) is 1. The van der Waals surface area contributed by atoms with Gasteiger partial charge in [0.15, 0.2) is 0 Å². The molecule has 0 aromatic carbocycles. The predicted molar refractivity (Wildman–Crippen MR) is 89.0 cm³/mol. The lowest BCUT2D eigenvalue weighted by Gasteiger charge is -2.18. The summed E-state index contributed by atoms with van der Waals surface area (Å²) in [4.78, 5) is 4.61. The molecule has 0 amide bonds. The minimum Gasteiger partial charge on any atom is -0.313 e. The van der Waals surface area contributed by atoms with E-state index in [2.05, 4.69) is 48.5 Å². The Morgan fingerprint density at radius 3 is 2.57 bits per heavy atom.